The number of anilines is 2. The van der Waals surface area contributed by atoms with Crippen LogP contribution in [0.15, 0.2) is 42.5 Å². The molecule has 0 bridgehead atoms. The summed E-state index contributed by atoms with van der Waals surface area (Å²) in [5, 5.41) is 15.7. The van der Waals surface area contributed by atoms with Crippen LogP contribution in [-0.2, 0) is 4.74 Å². The van der Waals surface area contributed by atoms with Crippen LogP contribution in [0.1, 0.15) is 82.5 Å². The third-order valence-corrected chi connectivity index (χ3v) is 9.20. The Morgan fingerprint density at radius 3 is 2.39 bits per heavy atom. The van der Waals surface area contributed by atoms with Crippen molar-refractivity contribution in [1.82, 2.24) is 9.80 Å². The first-order valence-corrected chi connectivity index (χ1v) is 17.0. The van der Waals surface area contributed by atoms with Crippen molar-refractivity contribution >= 4 is 23.3 Å². The maximum Gasteiger partial charge on any atom is 0.323 e. The zero-order valence-corrected chi connectivity index (χ0v) is 28.0. The first-order chi connectivity index (χ1) is 22.1. The quantitative estimate of drug-likeness (QED) is 0.294. The van der Waals surface area contributed by atoms with E-state index in [4.69, 9.17) is 9.47 Å². The Balaban J connectivity index is 1.56. The molecule has 10 heteroatoms. The van der Waals surface area contributed by atoms with Crippen LogP contribution in [0.4, 0.5) is 20.6 Å². The van der Waals surface area contributed by atoms with Crippen LogP contribution in [0.5, 0.6) is 5.75 Å². The third-order valence-electron chi connectivity index (χ3n) is 9.20. The lowest BCUT2D eigenvalue weighted by atomic mass is 9.89. The van der Waals surface area contributed by atoms with E-state index in [2.05, 4.69) is 29.5 Å². The Bertz CT molecular complexity index is 1260. The first-order valence-electron chi connectivity index (χ1n) is 17.0. The van der Waals surface area contributed by atoms with E-state index >= 15 is 0 Å². The summed E-state index contributed by atoms with van der Waals surface area (Å²) >= 11 is 0. The van der Waals surface area contributed by atoms with Crippen molar-refractivity contribution in [3.63, 3.8) is 0 Å². The smallest absolute Gasteiger partial charge is 0.323 e. The van der Waals surface area contributed by atoms with Crippen molar-refractivity contribution in [3.8, 4) is 5.75 Å². The number of likely N-dealkylation sites (N-methyl/N-ethyl adjacent to an activating group) is 1. The van der Waals surface area contributed by atoms with Crippen molar-refractivity contribution < 1.29 is 28.6 Å². The van der Waals surface area contributed by atoms with E-state index in [0.29, 0.717) is 35.8 Å². The highest BCUT2D eigenvalue weighted by Gasteiger charge is 2.31. The van der Waals surface area contributed by atoms with Gasteiger partial charge in [0.15, 0.2) is 0 Å². The van der Waals surface area contributed by atoms with E-state index in [0.717, 1.165) is 38.3 Å². The molecule has 1 aliphatic heterocycles. The molecule has 3 N–H and O–H groups in total. The number of hydrogen-bond acceptors (Lipinski definition) is 6. The predicted molar refractivity (Wildman–Crippen MR) is 180 cm³/mol. The zero-order valence-electron chi connectivity index (χ0n) is 28.0. The number of rotatable bonds is 8. The molecule has 46 heavy (non-hydrogen) atoms. The van der Waals surface area contributed by atoms with Crippen LogP contribution < -0.4 is 15.4 Å². The maximum atomic E-state index is 14.3. The van der Waals surface area contributed by atoms with Crippen LogP contribution in [-0.4, -0.2) is 85.0 Å². The fraction of sp³-hybridized carbons (Fsp3) is 0.611. The van der Waals surface area contributed by atoms with Gasteiger partial charge >= 0.3 is 6.03 Å². The fourth-order valence-corrected chi connectivity index (χ4v) is 6.48. The van der Waals surface area contributed by atoms with Crippen LogP contribution in [0.3, 0.4) is 0 Å². The molecular formula is C36H53FN4O5. The summed E-state index contributed by atoms with van der Waals surface area (Å²) < 4.78 is 26.1. The molecule has 1 fully saturated rings. The second-order valence-electron chi connectivity index (χ2n) is 13.3. The second-order valence-corrected chi connectivity index (χ2v) is 13.3. The van der Waals surface area contributed by atoms with Gasteiger partial charge in [0.25, 0.3) is 5.91 Å². The minimum absolute atomic E-state index is 0.000725. The van der Waals surface area contributed by atoms with Crippen LogP contribution in [0, 0.1) is 17.7 Å². The minimum Gasteiger partial charge on any atom is -0.490 e. The number of nitrogens with zero attached hydrogens (tertiary/aromatic N) is 2. The molecule has 2 aromatic rings. The number of hydrogen-bond donors (Lipinski definition) is 3. The van der Waals surface area contributed by atoms with Crippen LogP contribution in [0.2, 0.25) is 0 Å². The second kappa shape index (κ2) is 17.6. The Labute approximate surface area is 273 Å². The van der Waals surface area contributed by atoms with E-state index in [9.17, 15) is 19.1 Å². The molecule has 254 valence electrons. The van der Waals surface area contributed by atoms with Crippen molar-refractivity contribution in [1.29, 1.82) is 0 Å². The van der Waals surface area contributed by atoms with Gasteiger partial charge in [-0.15, -0.1) is 0 Å². The van der Waals surface area contributed by atoms with Gasteiger partial charge in [-0.25, -0.2) is 9.18 Å². The zero-order chi connectivity index (χ0) is 33.1. The number of fused-ring (bicyclic) bond motifs is 1. The van der Waals surface area contributed by atoms with E-state index in [1.54, 1.807) is 23.1 Å². The lowest BCUT2D eigenvalue weighted by Crippen LogP contribution is -2.47. The van der Waals surface area contributed by atoms with Gasteiger partial charge in [0.05, 0.1) is 30.4 Å². The standard InChI is InChI=1S/C36H53FN4O5/c1-25-21-41(26(2)24-42)35(43)32-20-31(39-36(44)38-30-15-13-29(37)14-16-30)17-18-33(32)46-27(3)10-8-9-19-45-34(25)23-40(4)22-28-11-6-5-7-12-28/h13-18,20,25-28,34,42H,5-12,19,21-24H2,1-4H3,(H2,38,39,44)/t25-,26+,27+,34-/m1/s1. The monoisotopic (exact) mass is 640 g/mol. The molecule has 1 aliphatic carbocycles. The Kier molecular flexibility index (Phi) is 13.7. The molecule has 1 heterocycles. The predicted octanol–water partition coefficient (Wildman–Crippen LogP) is 6.78. The molecule has 0 spiro atoms. The lowest BCUT2D eigenvalue weighted by Gasteiger charge is -2.36. The Hall–Kier alpha value is -3.21. The molecule has 1 saturated carbocycles. The average molecular weight is 641 g/mol. The van der Waals surface area contributed by atoms with Crippen LogP contribution >= 0.6 is 0 Å². The summed E-state index contributed by atoms with van der Waals surface area (Å²) in [6.45, 7) is 8.61. The number of aliphatic hydroxyl groups is 1. The van der Waals surface area contributed by atoms with Gasteiger partial charge in [0, 0.05) is 43.5 Å². The topological polar surface area (TPSA) is 103 Å². The first kappa shape index (κ1) is 35.6. The van der Waals surface area contributed by atoms with Crippen molar-refractivity contribution in [2.24, 2.45) is 11.8 Å². The molecular weight excluding hydrogens is 587 g/mol. The normalized spacial score (nSPS) is 22.8. The van der Waals surface area contributed by atoms with Gasteiger partial charge in [0.2, 0.25) is 0 Å². The number of benzene rings is 2. The van der Waals surface area contributed by atoms with Crippen molar-refractivity contribution in [3.05, 3.63) is 53.8 Å². The van der Waals surface area contributed by atoms with Crippen LogP contribution in [0.25, 0.3) is 0 Å². The van der Waals surface area contributed by atoms with Crippen molar-refractivity contribution in [2.75, 3.05) is 50.5 Å². The Morgan fingerprint density at radius 1 is 1.00 bits per heavy atom. The van der Waals surface area contributed by atoms with Gasteiger partial charge in [-0.2, -0.15) is 0 Å². The van der Waals surface area contributed by atoms with Gasteiger partial charge in [-0.05, 0) is 101 Å². The molecule has 0 radical (unpaired) electrons. The molecule has 0 aromatic heterocycles. The summed E-state index contributed by atoms with van der Waals surface area (Å²) in [6.07, 6.45) is 8.95. The number of nitrogens with one attached hydrogen (secondary N) is 2. The molecule has 0 saturated heterocycles. The number of carbonyl (C=O) groups is 2. The number of urea groups is 1. The Morgan fingerprint density at radius 2 is 1.67 bits per heavy atom. The van der Waals surface area contributed by atoms with Gasteiger partial charge in [-0.1, -0.05) is 26.2 Å². The van der Waals surface area contributed by atoms with E-state index in [-0.39, 0.29) is 30.6 Å². The van der Waals surface area contributed by atoms with Crippen molar-refractivity contribution in [2.45, 2.75) is 90.4 Å². The number of carbonyl (C=O) groups excluding carboxylic acids is 2. The summed E-state index contributed by atoms with van der Waals surface area (Å²) in [5.74, 6) is 0.469. The summed E-state index contributed by atoms with van der Waals surface area (Å²) in [5.41, 5.74) is 1.14. The SMILES string of the molecule is C[C@@H]1CN([C@@H](C)CO)C(=O)c2cc(NC(=O)Nc3ccc(F)cc3)ccc2O[C@@H](C)CCCCO[C@@H]1CN(C)CC1CCCCC1. The van der Waals surface area contributed by atoms with Gasteiger partial charge < -0.3 is 35.0 Å². The summed E-state index contributed by atoms with van der Waals surface area (Å²) in [7, 11) is 2.17. The lowest BCUT2D eigenvalue weighted by molar-refractivity contribution is -0.0190. The van der Waals surface area contributed by atoms with E-state index < -0.39 is 17.9 Å². The highest BCUT2D eigenvalue weighted by atomic mass is 19.1. The highest BCUT2D eigenvalue weighted by Crippen LogP contribution is 2.29. The van der Waals surface area contributed by atoms with Gasteiger partial charge in [-0.3, -0.25) is 4.79 Å². The summed E-state index contributed by atoms with van der Waals surface area (Å²) in [6, 6.07) is 9.51. The summed E-state index contributed by atoms with van der Waals surface area (Å²) in [4.78, 5) is 31.2. The molecule has 9 nitrogen and oxygen atoms in total. The fourth-order valence-electron chi connectivity index (χ4n) is 6.48. The largest absolute Gasteiger partial charge is 0.490 e. The minimum atomic E-state index is -0.527. The van der Waals surface area contributed by atoms with Gasteiger partial charge in [0.1, 0.15) is 11.6 Å². The molecule has 0 unspecified atom stereocenters. The number of aliphatic hydroxyl groups excluding tert-OH is 1. The number of amides is 3. The maximum absolute atomic E-state index is 14.3. The molecule has 4 rings (SSSR count). The third kappa shape index (κ3) is 10.7. The number of ether oxygens (including phenoxy) is 2. The van der Waals surface area contributed by atoms with E-state index in [1.165, 1.54) is 56.4 Å². The molecule has 4 atom stereocenters. The van der Waals surface area contributed by atoms with E-state index in [1.807, 2.05) is 13.8 Å². The highest BCUT2D eigenvalue weighted by molar-refractivity contribution is 6.02. The number of halogens is 1. The molecule has 2 aliphatic rings. The molecule has 2 aromatic carbocycles. The molecule has 3 amide bonds. The average Bonchev–Trinajstić information content (AvgIpc) is 3.04.